The summed E-state index contributed by atoms with van der Waals surface area (Å²) >= 11 is 5.42. The van der Waals surface area contributed by atoms with Gasteiger partial charge in [-0.15, -0.1) is 0 Å². The number of methoxy groups -OCH3 is 1. The number of aromatic nitrogens is 4. The van der Waals surface area contributed by atoms with Crippen molar-refractivity contribution in [3.8, 4) is 5.75 Å². The van der Waals surface area contributed by atoms with Crippen LogP contribution < -0.4 is 4.74 Å². The van der Waals surface area contributed by atoms with E-state index in [1.54, 1.807) is 7.11 Å². The van der Waals surface area contributed by atoms with Crippen molar-refractivity contribution in [3.63, 3.8) is 0 Å². The van der Waals surface area contributed by atoms with Crippen LogP contribution in [0.15, 0.2) is 30.3 Å². The van der Waals surface area contributed by atoms with Gasteiger partial charge in [-0.25, -0.2) is 14.2 Å². The Balaban J connectivity index is 1.83. The van der Waals surface area contributed by atoms with Gasteiger partial charge in [0.2, 0.25) is 4.77 Å². The Labute approximate surface area is 146 Å². The van der Waals surface area contributed by atoms with Crippen molar-refractivity contribution < 1.29 is 4.74 Å². The molecule has 1 aromatic carbocycles. The van der Waals surface area contributed by atoms with Gasteiger partial charge in [0.1, 0.15) is 5.75 Å². The summed E-state index contributed by atoms with van der Waals surface area (Å²) in [5.74, 6) is 1.51. The van der Waals surface area contributed by atoms with Gasteiger partial charge in [0, 0.05) is 17.9 Å². The maximum absolute atomic E-state index is 5.42. The van der Waals surface area contributed by atoms with E-state index in [0.29, 0.717) is 17.2 Å². The van der Waals surface area contributed by atoms with E-state index >= 15 is 0 Å². The largest absolute Gasteiger partial charge is 0.497 e. The van der Waals surface area contributed by atoms with Crippen LogP contribution in [0.25, 0.3) is 5.78 Å². The summed E-state index contributed by atoms with van der Waals surface area (Å²) in [7, 11) is 3.73. The SMILES string of the molecule is COc1ccc(CN(C)Cn2c(=S)nc3nc(C)cc(C)n32)cc1. The quantitative estimate of drug-likeness (QED) is 0.667. The van der Waals surface area contributed by atoms with Gasteiger partial charge in [-0.3, -0.25) is 4.90 Å². The minimum Gasteiger partial charge on any atom is -0.497 e. The van der Waals surface area contributed by atoms with Crippen LogP contribution in [0.3, 0.4) is 0 Å². The maximum atomic E-state index is 5.42. The summed E-state index contributed by atoms with van der Waals surface area (Å²) in [6.07, 6.45) is 0. The Morgan fingerprint density at radius 1 is 1.17 bits per heavy atom. The molecule has 0 bridgehead atoms. The molecule has 126 valence electrons. The van der Waals surface area contributed by atoms with Crippen LogP contribution in [-0.2, 0) is 13.2 Å². The highest BCUT2D eigenvalue weighted by Crippen LogP contribution is 2.13. The molecule has 0 saturated carbocycles. The molecular formula is C17H21N5OS. The second kappa shape index (κ2) is 6.70. The number of benzene rings is 1. The summed E-state index contributed by atoms with van der Waals surface area (Å²) in [4.78, 5) is 11.0. The number of fused-ring (bicyclic) bond motifs is 1. The predicted molar refractivity (Wildman–Crippen MR) is 95.7 cm³/mol. The first-order valence-electron chi connectivity index (χ1n) is 7.73. The molecule has 0 spiro atoms. The summed E-state index contributed by atoms with van der Waals surface area (Å²) in [6, 6.07) is 10.1. The zero-order valence-corrected chi connectivity index (χ0v) is 15.2. The molecule has 2 heterocycles. The fourth-order valence-electron chi connectivity index (χ4n) is 2.80. The molecule has 0 N–H and O–H groups in total. The van der Waals surface area contributed by atoms with E-state index in [2.05, 4.69) is 34.0 Å². The number of hydrogen-bond donors (Lipinski definition) is 0. The molecule has 0 aliphatic heterocycles. The third-order valence-electron chi connectivity index (χ3n) is 3.86. The van der Waals surface area contributed by atoms with E-state index in [1.807, 2.05) is 41.2 Å². The Morgan fingerprint density at radius 3 is 2.54 bits per heavy atom. The first kappa shape index (κ1) is 16.6. The van der Waals surface area contributed by atoms with Crippen molar-refractivity contribution in [1.29, 1.82) is 0 Å². The highest BCUT2D eigenvalue weighted by atomic mass is 32.1. The first-order chi connectivity index (χ1) is 11.5. The molecular weight excluding hydrogens is 322 g/mol. The van der Waals surface area contributed by atoms with Crippen LogP contribution in [0.5, 0.6) is 5.75 Å². The van der Waals surface area contributed by atoms with Crippen LogP contribution in [0.1, 0.15) is 17.0 Å². The van der Waals surface area contributed by atoms with Crippen LogP contribution in [0, 0.1) is 18.6 Å². The van der Waals surface area contributed by atoms with E-state index in [4.69, 9.17) is 17.0 Å². The highest BCUT2D eigenvalue weighted by Gasteiger charge is 2.11. The molecule has 2 aromatic heterocycles. The average Bonchev–Trinajstić information content (AvgIpc) is 2.83. The number of nitrogens with zero attached hydrogens (tertiary/aromatic N) is 5. The van der Waals surface area contributed by atoms with E-state index in [9.17, 15) is 0 Å². The van der Waals surface area contributed by atoms with Gasteiger partial charge in [0.15, 0.2) is 0 Å². The highest BCUT2D eigenvalue weighted by molar-refractivity contribution is 7.71. The Bertz CT molecular complexity index is 913. The molecule has 6 nitrogen and oxygen atoms in total. The number of aryl methyl sites for hydroxylation is 2. The lowest BCUT2D eigenvalue weighted by Gasteiger charge is -2.19. The van der Waals surface area contributed by atoms with Crippen molar-refractivity contribution in [1.82, 2.24) is 24.1 Å². The predicted octanol–water partition coefficient (Wildman–Crippen LogP) is 2.98. The normalized spacial score (nSPS) is 11.4. The third kappa shape index (κ3) is 3.32. The molecule has 7 heteroatoms. The second-order valence-electron chi connectivity index (χ2n) is 5.95. The van der Waals surface area contributed by atoms with Crippen LogP contribution in [-0.4, -0.2) is 38.2 Å². The number of rotatable bonds is 5. The van der Waals surface area contributed by atoms with Crippen molar-refractivity contribution in [2.75, 3.05) is 14.2 Å². The van der Waals surface area contributed by atoms with E-state index < -0.39 is 0 Å². The lowest BCUT2D eigenvalue weighted by Crippen LogP contribution is -2.24. The van der Waals surface area contributed by atoms with Crippen LogP contribution in [0.2, 0.25) is 0 Å². The van der Waals surface area contributed by atoms with Crippen molar-refractivity contribution >= 4 is 18.0 Å². The van der Waals surface area contributed by atoms with Gasteiger partial charge < -0.3 is 4.74 Å². The smallest absolute Gasteiger partial charge is 0.252 e. The monoisotopic (exact) mass is 343 g/mol. The Kier molecular flexibility index (Phi) is 4.64. The molecule has 0 unspecified atom stereocenters. The maximum Gasteiger partial charge on any atom is 0.252 e. The van der Waals surface area contributed by atoms with Gasteiger partial charge >= 0.3 is 0 Å². The Hall–Kier alpha value is -2.25. The molecule has 0 saturated heterocycles. The summed E-state index contributed by atoms with van der Waals surface area (Å²) in [5, 5.41) is 0. The van der Waals surface area contributed by atoms with Gasteiger partial charge in [0.25, 0.3) is 5.78 Å². The summed E-state index contributed by atoms with van der Waals surface area (Å²) in [6.45, 7) is 5.44. The van der Waals surface area contributed by atoms with Crippen LogP contribution >= 0.6 is 12.2 Å². The fraction of sp³-hybridized carbons (Fsp3) is 0.353. The summed E-state index contributed by atoms with van der Waals surface area (Å²) in [5.41, 5.74) is 3.22. The molecule has 24 heavy (non-hydrogen) atoms. The molecule has 0 amide bonds. The molecule has 0 radical (unpaired) electrons. The van der Waals surface area contributed by atoms with E-state index in [-0.39, 0.29) is 0 Å². The molecule has 3 aromatic rings. The van der Waals surface area contributed by atoms with Gasteiger partial charge in [-0.2, -0.15) is 4.98 Å². The van der Waals surface area contributed by atoms with Gasteiger partial charge in [-0.1, -0.05) is 12.1 Å². The Morgan fingerprint density at radius 2 is 1.88 bits per heavy atom. The van der Waals surface area contributed by atoms with Gasteiger partial charge in [-0.05, 0) is 56.9 Å². The zero-order chi connectivity index (χ0) is 17.3. The van der Waals surface area contributed by atoms with Crippen molar-refractivity contribution in [2.24, 2.45) is 0 Å². The van der Waals surface area contributed by atoms with E-state index in [1.165, 1.54) is 5.56 Å². The molecule has 0 aliphatic carbocycles. The zero-order valence-electron chi connectivity index (χ0n) is 14.4. The minimum atomic E-state index is 0.540. The molecule has 3 rings (SSSR count). The minimum absolute atomic E-state index is 0.540. The standard InChI is InChI=1S/C17H21N5OS/c1-12-9-13(2)22-16(18-12)19-17(24)21(22)11-20(3)10-14-5-7-15(23-4)8-6-14/h5-9H,10-11H2,1-4H3. The fourth-order valence-corrected chi connectivity index (χ4v) is 3.02. The van der Waals surface area contributed by atoms with Crippen LogP contribution in [0.4, 0.5) is 0 Å². The lowest BCUT2D eigenvalue weighted by molar-refractivity contribution is 0.238. The number of hydrogen-bond acceptors (Lipinski definition) is 5. The summed E-state index contributed by atoms with van der Waals surface area (Å²) < 4.78 is 9.68. The van der Waals surface area contributed by atoms with E-state index in [0.717, 1.165) is 23.7 Å². The topological polar surface area (TPSA) is 47.6 Å². The third-order valence-corrected chi connectivity index (χ3v) is 4.16. The first-order valence-corrected chi connectivity index (χ1v) is 8.14. The second-order valence-corrected chi connectivity index (χ2v) is 6.31. The molecule has 0 aliphatic rings. The molecule has 0 fully saturated rings. The van der Waals surface area contributed by atoms with Crippen molar-refractivity contribution in [2.45, 2.75) is 27.1 Å². The average molecular weight is 343 g/mol. The van der Waals surface area contributed by atoms with Gasteiger partial charge in [0.05, 0.1) is 13.8 Å². The number of ether oxygens (including phenoxy) is 1. The lowest BCUT2D eigenvalue weighted by atomic mass is 10.2. The van der Waals surface area contributed by atoms with Crippen molar-refractivity contribution in [3.05, 3.63) is 52.1 Å². The molecule has 0 atom stereocenters.